The number of alkyl halides is 3. The normalized spacial score (nSPS) is 27.7. The van der Waals surface area contributed by atoms with Crippen molar-refractivity contribution in [3.05, 3.63) is 60.2 Å². The van der Waals surface area contributed by atoms with E-state index in [0.29, 0.717) is 23.8 Å². The molecule has 254 valence electrons. The number of anilines is 2. The molecule has 1 heterocycles. The molecule has 9 nitrogen and oxygen atoms in total. The Morgan fingerprint density at radius 1 is 1.00 bits per heavy atom. The number of aliphatic hydroxyl groups is 1. The summed E-state index contributed by atoms with van der Waals surface area (Å²) in [6.45, 7) is 6.43. The maximum Gasteiger partial charge on any atom is 0.417 e. The van der Waals surface area contributed by atoms with Crippen molar-refractivity contribution in [3.63, 3.8) is 0 Å². The standard InChI is InChI=1S/C34H41F3N4O5S/c1-30(2,3)29-38-28(39-46-29)32-15-12-31(13-16-32,14-17-32)21-41(27(42)24-19-33(43,20-24)34(35,36)37)26-7-5-6-23(18-26)22-8-10-25(11-9-22)40-47(4,44)45/h5-11,18,24,40,43H,12-17,19-21H2,1-4H3/t24-,31?,32?,33+. The number of hydrogen-bond donors (Lipinski definition) is 2. The Labute approximate surface area is 273 Å². The van der Waals surface area contributed by atoms with E-state index in [1.54, 1.807) is 41.3 Å². The number of carbonyl (C=O) groups is 1. The van der Waals surface area contributed by atoms with Crippen LogP contribution >= 0.6 is 0 Å². The quantitative estimate of drug-likeness (QED) is 0.271. The molecule has 1 amide bonds. The van der Waals surface area contributed by atoms with Gasteiger partial charge in [-0.05, 0) is 92.2 Å². The van der Waals surface area contributed by atoms with Crippen LogP contribution < -0.4 is 9.62 Å². The molecule has 47 heavy (non-hydrogen) atoms. The van der Waals surface area contributed by atoms with Crippen molar-refractivity contribution in [2.45, 2.75) is 94.7 Å². The first-order valence-corrected chi connectivity index (χ1v) is 17.8. The lowest BCUT2D eigenvalue weighted by Gasteiger charge is -2.54. The number of sulfonamides is 1. The van der Waals surface area contributed by atoms with E-state index in [9.17, 15) is 31.5 Å². The molecule has 0 aliphatic heterocycles. The van der Waals surface area contributed by atoms with E-state index in [0.717, 1.165) is 61.7 Å². The molecule has 2 N–H and O–H groups in total. The van der Waals surface area contributed by atoms with E-state index in [1.165, 1.54) is 0 Å². The van der Waals surface area contributed by atoms with Crippen LogP contribution in [0.25, 0.3) is 11.1 Å². The van der Waals surface area contributed by atoms with Gasteiger partial charge in [0.2, 0.25) is 21.8 Å². The molecule has 4 aliphatic rings. The van der Waals surface area contributed by atoms with Gasteiger partial charge in [-0.3, -0.25) is 9.52 Å². The first-order chi connectivity index (χ1) is 21.8. The number of rotatable bonds is 8. The van der Waals surface area contributed by atoms with E-state index >= 15 is 0 Å². The van der Waals surface area contributed by atoms with E-state index < -0.39 is 46.5 Å². The predicted octanol–water partition coefficient (Wildman–Crippen LogP) is 6.73. The second kappa shape index (κ2) is 11.3. The fraction of sp³-hybridized carbons (Fsp3) is 0.559. The Bertz CT molecular complexity index is 1730. The van der Waals surface area contributed by atoms with Crippen molar-refractivity contribution >= 4 is 27.3 Å². The van der Waals surface area contributed by atoms with Gasteiger partial charge >= 0.3 is 6.18 Å². The number of aromatic nitrogens is 2. The Kier molecular flexibility index (Phi) is 8.06. The molecule has 0 unspecified atom stereocenters. The molecule has 2 bridgehead atoms. The fourth-order valence-corrected chi connectivity index (χ4v) is 7.96. The molecule has 4 saturated carbocycles. The smallest absolute Gasteiger partial charge is 0.380 e. The van der Waals surface area contributed by atoms with Gasteiger partial charge in [0.15, 0.2) is 11.4 Å². The van der Waals surface area contributed by atoms with Crippen LogP contribution in [0.2, 0.25) is 0 Å². The van der Waals surface area contributed by atoms with Gasteiger partial charge in [0.25, 0.3) is 0 Å². The van der Waals surface area contributed by atoms with Gasteiger partial charge in [-0.15, -0.1) is 0 Å². The van der Waals surface area contributed by atoms with Gasteiger partial charge in [0.1, 0.15) is 0 Å². The zero-order valence-electron chi connectivity index (χ0n) is 27.0. The first kappa shape index (κ1) is 33.5. The minimum atomic E-state index is -4.80. The van der Waals surface area contributed by atoms with Gasteiger partial charge in [-0.2, -0.15) is 18.2 Å². The highest BCUT2D eigenvalue weighted by Gasteiger charge is 2.63. The van der Waals surface area contributed by atoms with Crippen molar-refractivity contribution in [1.82, 2.24) is 10.1 Å². The van der Waals surface area contributed by atoms with Crippen LogP contribution in [-0.4, -0.2) is 54.2 Å². The maximum atomic E-state index is 14.0. The topological polar surface area (TPSA) is 126 Å². The molecule has 0 atom stereocenters. The third kappa shape index (κ3) is 6.53. The molecule has 4 fully saturated rings. The molecule has 2 aromatic carbocycles. The summed E-state index contributed by atoms with van der Waals surface area (Å²) in [5.74, 6) is -0.0467. The molecule has 7 rings (SSSR count). The van der Waals surface area contributed by atoms with Crippen molar-refractivity contribution in [1.29, 1.82) is 0 Å². The van der Waals surface area contributed by atoms with E-state index in [4.69, 9.17) is 9.51 Å². The SMILES string of the molecule is CC(C)(C)c1nc(C23CCC(CN(c4cccc(-c5ccc(NS(C)(=O)=O)cc5)c4)C(=O)[C@H]4C[C@](O)(C(F)(F)F)C4)(CC2)CC3)no1. The zero-order chi connectivity index (χ0) is 34.0. The number of nitrogens with one attached hydrogen (secondary N) is 1. The lowest BCUT2D eigenvalue weighted by atomic mass is 9.53. The Morgan fingerprint density at radius 2 is 1.62 bits per heavy atom. The van der Waals surface area contributed by atoms with Crippen LogP contribution in [0.1, 0.15) is 83.9 Å². The maximum absolute atomic E-state index is 14.0. The van der Waals surface area contributed by atoms with E-state index in [1.807, 2.05) is 32.9 Å². The highest BCUT2D eigenvalue weighted by Crippen LogP contribution is 2.58. The summed E-state index contributed by atoms with van der Waals surface area (Å²) >= 11 is 0. The number of hydrogen-bond acceptors (Lipinski definition) is 7. The summed E-state index contributed by atoms with van der Waals surface area (Å²) < 4.78 is 71.8. The van der Waals surface area contributed by atoms with Gasteiger partial charge in [0, 0.05) is 34.7 Å². The van der Waals surface area contributed by atoms with Crippen molar-refractivity contribution in [3.8, 4) is 11.1 Å². The third-order valence-corrected chi connectivity index (χ3v) is 11.0. The van der Waals surface area contributed by atoms with Crippen LogP contribution in [0, 0.1) is 11.3 Å². The second-order valence-electron chi connectivity index (χ2n) is 15.0. The first-order valence-electron chi connectivity index (χ1n) is 15.9. The van der Waals surface area contributed by atoms with Gasteiger partial charge in [-0.25, -0.2) is 8.42 Å². The number of benzene rings is 2. The van der Waals surface area contributed by atoms with Crippen molar-refractivity contribution < 1.29 is 36.0 Å². The number of fused-ring (bicyclic) bond motifs is 3. The number of carbonyl (C=O) groups excluding carboxylic acids is 1. The molecule has 3 aromatic rings. The average Bonchev–Trinajstić information content (AvgIpc) is 3.51. The van der Waals surface area contributed by atoms with Crippen LogP contribution in [0.3, 0.4) is 0 Å². The summed E-state index contributed by atoms with van der Waals surface area (Å²) in [4.78, 5) is 20.5. The lowest BCUT2D eigenvalue weighted by Crippen LogP contribution is -2.60. The Morgan fingerprint density at radius 3 is 2.15 bits per heavy atom. The number of halogens is 3. The van der Waals surface area contributed by atoms with Crippen LogP contribution in [0.15, 0.2) is 53.1 Å². The highest BCUT2D eigenvalue weighted by atomic mass is 32.2. The number of nitrogens with zero attached hydrogens (tertiary/aromatic N) is 3. The summed E-state index contributed by atoms with van der Waals surface area (Å²) in [5, 5.41) is 14.5. The monoisotopic (exact) mass is 674 g/mol. The van der Waals surface area contributed by atoms with Gasteiger partial charge in [-0.1, -0.05) is 50.2 Å². The number of amides is 1. The van der Waals surface area contributed by atoms with Gasteiger partial charge in [0.05, 0.1) is 6.26 Å². The summed E-state index contributed by atoms with van der Waals surface area (Å²) in [7, 11) is -3.44. The van der Waals surface area contributed by atoms with Crippen LogP contribution in [0.5, 0.6) is 0 Å². The molecule has 0 radical (unpaired) electrons. The van der Waals surface area contributed by atoms with E-state index in [-0.39, 0.29) is 16.2 Å². The van der Waals surface area contributed by atoms with Gasteiger partial charge < -0.3 is 14.5 Å². The third-order valence-electron chi connectivity index (χ3n) is 10.4. The summed E-state index contributed by atoms with van der Waals surface area (Å²) in [6, 6.07) is 14.1. The molecule has 1 aromatic heterocycles. The Balaban J connectivity index is 1.26. The largest absolute Gasteiger partial charge is 0.417 e. The molecular weight excluding hydrogens is 633 g/mol. The fourth-order valence-electron chi connectivity index (χ4n) is 7.39. The predicted molar refractivity (Wildman–Crippen MR) is 171 cm³/mol. The van der Waals surface area contributed by atoms with Crippen molar-refractivity contribution in [2.75, 3.05) is 22.4 Å². The molecule has 4 aliphatic carbocycles. The van der Waals surface area contributed by atoms with Crippen molar-refractivity contribution in [2.24, 2.45) is 11.3 Å². The summed E-state index contributed by atoms with van der Waals surface area (Å²) in [6.07, 6.45) is -0.167. The minimum Gasteiger partial charge on any atom is -0.380 e. The van der Waals surface area contributed by atoms with E-state index in [2.05, 4.69) is 9.88 Å². The average molecular weight is 675 g/mol. The highest BCUT2D eigenvalue weighted by molar-refractivity contribution is 7.92. The molecule has 0 saturated heterocycles. The molecule has 13 heteroatoms. The molecule has 0 spiro atoms. The zero-order valence-corrected chi connectivity index (χ0v) is 27.8. The van der Waals surface area contributed by atoms with Crippen LogP contribution in [-0.2, 0) is 25.6 Å². The molecular formula is C34H41F3N4O5S. The second-order valence-corrected chi connectivity index (χ2v) is 16.8. The minimum absolute atomic E-state index is 0.196. The Hall–Kier alpha value is -3.45. The van der Waals surface area contributed by atoms with Crippen LogP contribution in [0.4, 0.5) is 24.5 Å². The summed E-state index contributed by atoms with van der Waals surface area (Å²) in [5.41, 5.74) is -1.02. The lowest BCUT2D eigenvalue weighted by molar-refractivity contribution is -0.295.